The summed E-state index contributed by atoms with van der Waals surface area (Å²) >= 11 is 0. The molecule has 4 aromatic rings. The predicted octanol–water partition coefficient (Wildman–Crippen LogP) is 5.60. The van der Waals surface area contributed by atoms with Gasteiger partial charge in [-0.05, 0) is 55.7 Å². The Hall–Kier alpha value is -3.15. The third kappa shape index (κ3) is 3.36. The lowest BCUT2D eigenvalue weighted by molar-refractivity contribution is -0.129. The van der Waals surface area contributed by atoms with Gasteiger partial charge in [-0.3, -0.25) is 4.79 Å². The molecule has 2 N–H and O–H groups in total. The number of hydrogen-bond acceptors (Lipinski definition) is 3. The molecule has 1 amide bonds. The van der Waals surface area contributed by atoms with Crippen LogP contribution in [-0.2, 0) is 4.79 Å². The van der Waals surface area contributed by atoms with E-state index >= 15 is 0 Å². The fourth-order valence-corrected chi connectivity index (χ4v) is 4.35. The number of hydrogen-bond donors (Lipinski definition) is 2. The number of H-pyrrole nitrogens is 1. The Morgan fingerprint density at radius 1 is 1.27 bits per heavy atom. The maximum atomic E-state index is 13.5. The van der Waals surface area contributed by atoms with E-state index in [1.165, 1.54) is 12.1 Å². The summed E-state index contributed by atoms with van der Waals surface area (Å²) < 4.78 is 19.4. The fourth-order valence-electron chi connectivity index (χ4n) is 4.35. The quantitative estimate of drug-likeness (QED) is 0.439. The smallest absolute Gasteiger partial charge is 0.224 e. The molecular weight excluding hydrogens is 381 g/mol. The number of carbonyl (C=O) groups excluding carboxylic acids is 1. The van der Waals surface area contributed by atoms with Gasteiger partial charge < -0.3 is 14.7 Å². The molecule has 0 aliphatic heterocycles. The molecular formula is C24H24FN3O2. The Balaban J connectivity index is 1.35. The summed E-state index contributed by atoms with van der Waals surface area (Å²) in [4.78, 5) is 21.2. The summed E-state index contributed by atoms with van der Waals surface area (Å²) in [5, 5.41) is 3.89. The van der Waals surface area contributed by atoms with Gasteiger partial charge in [0.1, 0.15) is 23.0 Å². The number of aromatic nitrogens is 2. The molecule has 2 aromatic carbocycles. The zero-order chi connectivity index (χ0) is 20.7. The van der Waals surface area contributed by atoms with E-state index in [-0.39, 0.29) is 29.6 Å². The highest BCUT2D eigenvalue weighted by Gasteiger charge is 2.40. The molecule has 6 heteroatoms. The van der Waals surface area contributed by atoms with Crippen molar-refractivity contribution in [1.82, 2.24) is 15.3 Å². The largest absolute Gasteiger partial charge is 0.459 e. The first kappa shape index (κ1) is 18.9. The van der Waals surface area contributed by atoms with Gasteiger partial charge in [-0.15, -0.1) is 0 Å². The van der Waals surface area contributed by atoms with E-state index in [1.54, 1.807) is 6.07 Å². The van der Waals surface area contributed by atoms with Gasteiger partial charge in [0.25, 0.3) is 0 Å². The molecule has 30 heavy (non-hydrogen) atoms. The van der Waals surface area contributed by atoms with Crippen LogP contribution in [0.2, 0.25) is 0 Å². The first-order chi connectivity index (χ1) is 14.6. The van der Waals surface area contributed by atoms with Crippen LogP contribution in [0.4, 0.5) is 4.39 Å². The van der Waals surface area contributed by atoms with Gasteiger partial charge in [0.2, 0.25) is 5.91 Å². The number of fused-ring (bicyclic) bond motifs is 2. The summed E-state index contributed by atoms with van der Waals surface area (Å²) in [5.74, 6) is 1.28. The lowest BCUT2D eigenvalue weighted by Crippen LogP contribution is -2.41. The van der Waals surface area contributed by atoms with E-state index < -0.39 is 0 Å². The molecule has 1 saturated carbocycles. The maximum absolute atomic E-state index is 13.5. The van der Waals surface area contributed by atoms with E-state index in [2.05, 4.69) is 22.2 Å². The van der Waals surface area contributed by atoms with Crippen LogP contribution >= 0.6 is 0 Å². The number of rotatable bonds is 6. The summed E-state index contributed by atoms with van der Waals surface area (Å²) in [6, 6.07) is 14.0. The minimum Gasteiger partial charge on any atom is -0.459 e. The maximum Gasteiger partial charge on any atom is 0.224 e. The third-order valence-corrected chi connectivity index (χ3v) is 6.10. The van der Waals surface area contributed by atoms with Crippen LogP contribution in [0.5, 0.6) is 0 Å². The normalized spacial score (nSPS) is 19.7. The lowest BCUT2D eigenvalue weighted by atomic mass is 9.72. The molecule has 1 fully saturated rings. The molecule has 5 rings (SSSR count). The van der Waals surface area contributed by atoms with Gasteiger partial charge in [0.05, 0.1) is 17.1 Å². The number of imidazole rings is 1. The number of nitrogens with one attached hydrogen (secondary N) is 2. The summed E-state index contributed by atoms with van der Waals surface area (Å²) in [6.07, 6.45) is 3.45. The number of aromatic amines is 1. The highest BCUT2D eigenvalue weighted by molar-refractivity contribution is 5.82. The van der Waals surface area contributed by atoms with Crippen molar-refractivity contribution < 1.29 is 13.6 Å². The van der Waals surface area contributed by atoms with E-state index in [4.69, 9.17) is 4.42 Å². The number of para-hydroxylation sites is 2. The molecule has 1 aliphatic rings. The second-order valence-electron chi connectivity index (χ2n) is 8.11. The molecule has 0 saturated heterocycles. The van der Waals surface area contributed by atoms with Crippen molar-refractivity contribution in [3.63, 3.8) is 0 Å². The van der Waals surface area contributed by atoms with Crippen LogP contribution in [-0.4, -0.2) is 15.9 Å². The number of benzene rings is 2. The second-order valence-corrected chi connectivity index (χ2v) is 8.11. The van der Waals surface area contributed by atoms with Crippen molar-refractivity contribution in [3.05, 3.63) is 65.9 Å². The Morgan fingerprint density at radius 2 is 2.13 bits per heavy atom. The van der Waals surface area contributed by atoms with Crippen molar-refractivity contribution in [2.24, 2.45) is 5.92 Å². The second kappa shape index (κ2) is 7.59. The van der Waals surface area contributed by atoms with Crippen molar-refractivity contribution in [2.45, 2.75) is 44.6 Å². The average Bonchev–Trinajstić information content (AvgIpc) is 3.29. The molecule has 0 radical (unpaired) electrons. The predicted molar refractivity (Wildman–Crippen MR) is 114 cm³/mol. The summed E-state index contributed by atoms with van der Waals surface area (Å²) in [7, 11) is 0. The highest BCUT2D eigenvalue weighted by atomic mass is 19.1. The van der Waals surface area contributed by atoms with Gasteiger partial charge in [-0.2, -0.15) is 0 Å². The van der Waals surface area contributed by atoms with Gasteiger partial charge in [0.15, 0.2) is 0 Å². The van der Waals surface area contributed by atoms with Gasteiger partial charge in [0, 0.05) is 17.2 Å². The van der Waals surface area contributed by atoms with E-state index in [1.807, 2.05) is 30.3 Å². The van der Waals surface area contributed by atoms with Crippen molar-refractivity contribution >= 4 is 27.9 Å². The number of halogens is 1. The molecule has 2 heterocycles. The zero-order valence-corrected chi connectivity index (χ0v) is 16.8. The molecule has 0 bridgehead atoms. The summed E-state index contributed by atoms with van der Waals surface area (Å²) in [6.45, 7) is 2.07. The van der Waals surface area contributed by atoms with E-state index in [0.717, 1.165) is 42.5 Å². The Labute approximate surface area is 173 Å². The zero-order valence-electron chi connectivity index (χ0n) is 16.8. The minimum absolute atomic E-state index is 0.0248. The molecule has 1 aliphatic carbocycles. The van der Waals surface area contributed by atoms with E-state index in [0.29, 0.717) is 16.7 Å². The lowest BCUT2D eigenvalue weighted by Gasteiger charge is -2.35. The molecule has 2 aromatic heterocycles. The first-order valence-electron chi connectivity index (χ1n) is 10.6. The standard InChI is InChI=1S/C24H24FN3O2/c1-2-5-20(22-13-14-12-15(25)8-11-21(14)30-22)28-24(29)17-10-9-16(17)23-26-18-6-3-4-7-19(18)27-23/h3-4,6-8,11-13,16-17,20H,2,5,9-10H2,1H3,(H,26,27)(H,28,29)/t16-,17-,20-/m0/s1. The number of furan rings is 1. The van der Waals surface area contributed by atoms with E-state index in [9.17, 15) is 9.18 Å². The topological polar surface area (TPSA) is 70.9 Å². The molecule has 154 valence electrons. The first-order valence-corrected chi connectivity index (χ1v) is 10.6. The monoisotopic (exact) mass is 405 g/mol. The van der Waals surface area contributed by atoms with Crippen LogP contribution in [0.25, 0.3) is 22.0 Å². The molecule has 3 atom stereocenters. The molecule has 0 spiro atoms. The minimum atomic E-state index is -0.297. The highest BCUT2D eigenvalue weighted by Crippen LogP contribution is 2.42. The van der Waals surface area contributed by atoms with Crippen LogP contribution in [0, 0.1) is 11.7 Å². The number of carbonyl (C=O) groups is 1. The van der Waals surface area contributed by atoms with Gasteiger partial charge in [-0.1, -0.05) is 25.5 Å². The van der Waals surface area contributed by atoms with Crippen molar-refractivity contribution in [1.29, 1.82) is 0 Å². The van der Waals surface area contributed by atoms with Crippen LogP contribution in [0.15, 0.2) is 52.9 Å². The molecule has 5 nitrogen and oxygen atoms in total. The summed E-state index contributed by atoms with van der Waals surface area (Å²) in [5.41, 5.74) is 2.55. The van der Waals surface area contributed by atoms with Gasteiger partial charge >= 0.3 is 0 Å². The van der Waals surface area contributed by atoms with Gasteiger partial charge in [-0.25, -0.2) is 9.37 Å². The van der Waals surface area contributed by atoms with Crippen LogP contribution in [0.1, 0.15) is 56.2 Å². The van der Waals surface area contributed by atoms with Crippen LogP contribution < -0.4 is 5.32 Å². The average molecular weight is 405 g/mol. The van der Waals surface area contributed by atoms with Crippen molar-refractivity contribution in [3.8, 4) is 0 Å². The number of amides is 1. The molecule has 0 unspecified atom stereocenters. The number of nitrogens with zero attached hydrogens (tertiary/aromatic N) is 1. The Kier molecular flexibility index (Phi) is 4.77. The third-order valence-electron chi connectivity index (χ3n) is 6.10. The Bertz CT molecular complexity index is 1180. The van der Waals surface area contributed by atoms with Crippen molar-refractivity contribution in [2.75, 3.05) is 0 Å². The fraction of sp³-hybridized carbons (Fsp3) is 0.333. The Morgan fingerprint density at radius 3 is 2.90 bits per heavy atom. The van der Waals surface area contributed by atoms with Crippen LogP contribution in [0.3, 0.4) is 0 Å². The SMILES string of the molecule is CCC[C@H](NC(=O)[C@H]1CC[C@@H]1c1nc2ccccc2[nH]1)c1cc2cc(F)ccc2o1.